The second kappa shape index (κ2) is 5.24. The van der Waals surface area contributed by atoms with E-state index in [1.165, 1.54) is 24.2 Å². The van der Waals surface area contributed by atoms with Gasteiger partial charge in [0.25, 0.3) is 5.91 Å². The summed E-state index contributed by atoms with van der Waals surface area (Å²) in [5.74, 6) is 0.784. The van der Waals surface area contributed by atoms with Crippen molar-refractivity contribution in [3.05, 3.63) is 0 Å². The van der Waals surface area contributed by atoms with E-state index in [0.717, 1.165) is 44.3 Å². The van der Waals surface area contributed by atoms with Gasteiger partial charge in [0.2, 0.25) is 0 Å². The highest BCUT2D eigenvalue weighted by atomic mass is 32.1. The fourth-order valence-corrected chi connectivity index (χ4v) is 4.56. The Balaban J connectivity index is 1.76. The van der Waals surface area contributed by atoms with Crippen LogP contribution in [0.1, 0.15) is 57.8 Å². The maximum atomic E-state index is 12.8. The molecule has 0 unspecified atom stereocenters. The normalized spacial score (nSPS) is 28.1. The monoisotopic (exact) mass is 296 g/mol. The molecule has 0 bridgehead atoms. The standard InChI is InChI=1S/C15H24N2O2S/c18-12-15(8-2-1-3-9-15)16-13(19)17(12)10-14(11-20)6-4-5-7-14/h20H,1-11H2,(H,16,19). The minimum Gasteiger partial charge on any atom is -0.323 e. The van der Waals surface area contributed by atoms with Crippen LogP contribution in [0.3, 0.4) is 0 Å². The van der Waals surface area contributed by atoms with Gasteiger partial charge in [0.15, 0.2) is 0 Å². The van der Waals surface area contributed by atoms with Gasteiger partial charge in [-0.1, -0.05) is 32.1 Å². The first kappa shape index (κ1) is 14.2. The average molecular weight is 296 g/mol. The van der Waals surface area contributed by atoms with E-state index in [-0.39, 0.29) is 17.4 Å². The molecule has 3 rings (SSSR count). The molecular formula is C15H24N2O2S. The molecule has 2 aliphatic carbocycles. The van der Waals surface area contributed by atoms with E-state index in [0.29, 0.717) is 6.54 Å². The zero-order valence-electron chi connectivity index (χ0n) is 12.0. The fraction of sp³-hybridized carbons (Fsp3) is 0.867. The third-order valence-corrected chi connectivity index (χ3v) is 6.12. The van der Waals surface area contributed by atoms with Gasteiger partial charge in [-0.2, -0.15) is 12.6 Å². The molecule has 0 atom stereocenters. The quantitative estimate of drug-likeness (QED) is 0.621. The van der Waals surface area contributed by atoms with E-state index >= 15 is 0 Å². The fourth-order valence-electron chi connectivity index (χ4n) is 4.14. The van der Waals surface area contributed by atoms with E-state index in [1.807, 2.05) is 0 Å². The highest BCUT2D eigenvalue weighted by Gasteiger charge is 2.53. The molecular weight excluding hydrogens is 272 g/mol. The van der Waals surface area contributed by atoms with Crippen molar-refractivity contribution in [1.82, 2.24) is 10.2 Å². The van der Waals surface area contributed by atoms with Crippen LogP contribution in [0.25, 0.3) is 0 Å². The molecule has 2 saturated carbocycles. The summed E-state index contributed by atoms with van der Waals surface area (Å²) < 4.78 is 0. The molecule has 3 fully saturated rings. The molecule has 4 nitrogen and oxygen atoms in total. The van der Waals surface area contributed by atoms with Gasteiger partial charge >= 0.3 is 6.03 Å². The first-order valence-electron chi connectivity index (χ1n) is 7.86. The number of rotatable bonds is 3. The molecule has 0 radical (unpaired) electrons. The molecule has 0 aromatic carbocycles. The minimum atomic E-state index is -0.578. The number of carbonyl (C=O) groups excluding carboxylic acids is 2. The summed E-state index contributed by atoms with van der Waals surface area (Å²) in [7, 11) is 0. The lowest BCUT2D eigenvalue weighted by Gasteiger charge is -2.33. The number of nitrogens with one attached hydrogen (secondary N) is 1. The Morgan fingerprint density at radius 1 is 1.00 bits per heavy atom. The molecule has 1 spiro atoms. The third-order valence-electron chi connectivity index (χ3n) is 5.45. The Morgan fingerprint density at radius 2 is 1.60 bits per heavy atom. The summed E-state index contributed by atoms with van der Waals surface area (Å²) in [6.45, 7) is 0.558. The van der Waals surface area contributed by atoms with E-state index in [2.05, 4.69) is 17.9 Å². The predicted molar refractivity (Wildman–Crippen MR) is 80.8 cm³/mol. The largest absolute Gasteiger partial charge is 0.325 e. The second-order valence-electron chi connectivity index (χ2n) is 6.83. The minimum absolute atomic E-state index is 0.0234. The average Bonchev–Trinajstić information content (AvgIpc) is 3.01. The van der Waals surface area contributed by atoms with Crippen LogP contribution in [0.15, 0.2) is 0 Å². The van der Waals surface area contributed by atoms with E-state index < -0.39 is 5.54 Å². The number of carbonyl (C=O) groups is 2. The van der Waals surface area contributed by atoms with Crippen LogP contribution in [-0.4, -0.2) is 34.7 Å². The van der Waals surface area contributed by atoms with Gasteiger partial charge < -0.3 is 5.32 Å². The van der Waals surface area contributed by atoms with Gasteiger partial charge in [0.05, 0.1) is 0 Å². The zero-order chi connectivity index (χ0) is 14.2. The van der Waals surface area contributed by atoms with Crippen LogP contribution >= 0.6 is 12.6 Å². The zero-order valence-corrected chi connectivity index (χ0v) is 12.9. The molecule has 5 heteroatoms. The summed E-state index contributed by atoms with van der Waals surface area (Å²) in [5, 5.41) is 3.00. The Hall–Kier alpha value is -0.710. The molecule has 20 heavy (non-hydrogen) atoms. The van der Waals surface area contributed by atoms with Gasteiger partial charge in [-0.3, -0.25) is 9.69 Å². The number of hydrogen-bond acceptors (Lipinski definition) is 3. The lowest BCUT2D eigenvalue weighted by Crippen LogP contribution is -2.49. The molecule has 0 aromatic rings. The number of urea groups is 1. The summed E-state index contributed by atoms with van der Waals surface area (Å²) in [6, 6.07) is -0.176. The summed E-state index contributed by atoms with van der Waals surface area (Å²) in [4.78, 5) is 26.5. The summed E-state index contributed by atoms with van der Waals surface area (Å²) >= 11 is 4.48. The Morgan fingerprint density at radius 3 is 2.20 bits per heavy atom. The number of thiol groups is 1. The van der Waals surface area contributed by atoms with Crippen LogP contribution in [0.5, 0.6) is 0 Å². The highest BCUT2D eigenvalue weighted by molar-refractivity contribution is 7.80. The molecule has 1 N–H and O–H groups in total. The topological polar surface area (TPSA) is 49.4 Å². The molecule has 1 saturated heterocycles. The lowest BCUT2D eigenvalue weighted by molar-refractivity contribution is -0.133. The van der Waals surface area contributed by atoms with Crippen LogP contribution < -0.4 is 5.32 Å². The summed E-state index contributed by atoms with van der Waals surface area (Å²) in [6.07, 6.45) is 9.41. The van der Waals surface area contributed by atoms with E-state index in [1.54, 1.807) is 0 Å². The first-order chi connectivity index (χ1) is 9.61. The molecule has 1 heterocycles. The number of nitrogens with zero attached hydrogens (tertiary/aromatic N) is 1. The van der Waals surface area contributed by atoms with E-state index in [4.69, 9.17) is 0 Å². The van der Waals surface area contributed by atoms with Gasteiger partial charge in [-0.05, 0) is 36.9 Å². The van der Waals surface area contributed by atoms with Crippen LogP contribution in [-0.2, 0) is 4.79 Å². The number of imide groups is 1. The first-order valence-corrected chi connectivity index (χ1v) is 8.49. The van der Waals surface area contributed by atoms with Gasteiger partial charge in [0, 0.05) is 6.54 Å². The number of amides is 3. The number of hydrogen-bond donors (Lipinski definition) is 2. The van der Waals surface area contributed by atoms with Crippen molar-refractivity contribution in [1.29, 1.82) is 0 Å². The molecule has 3 amide bonds. The van der Waals surface area contributed by atoms with Crippen molar-refractivity contribution in [2.24, 2.45) is 5.41 Å². The molecule has 0 aromatic heterocycles. The second-order valence-corrected chi connectivity index (χ2v) is 7.15. The SMILES string of the molecule is O=C1NC2(CCCCC2)C(=O)N1CC1(CS)CCCC1. The van der Waals surface area contributed by atoms with Gasteiger partial charge in [-0.15, -0.1) is 0 Å². The van der Waals surface area contributed by atoms with E-state index in [9.17, 15) is 9.59 Å². The molecule has 112 valence electrons. The molecule has 1 aliphatic heterocycles. The van der Waals surface area contributed by atoms with Crippen molar-refractivity contribution in [2.75, 3.05) is 12.3 Å². The van der Waals surface area contributed by atoms with Crippen molar-refractivity contribution >= 4 is 24.6 Å². The Labute approximate surface area is 126 Å². The van der Waals surface area contributed by atoms with Gasteiger partial charge in [-0.25, -0.2) is 4.79 Å². The smallest absolute Gasteiger partial charge is 0.323 e. The van der Waals surface area contributed by atoms with Crippen molar-refractivity contribution in [3.8, 4) is 0 Å². The Kier molecular flexibility index (Phi) is 3.73. The van der Waals surface area contributed by atoms with Gasteiger partial charge in [0.1, 0.15) is 5.54 Å². The van der Waals surface area contributed by atoms with Crippen molar-refractivity contribution < 1.29 is 9.59 Å². The van der Waals surface area contributed by atoms with Crippen molar-refractivity contribution in [3.63, 3.8) is 0 Å². The van der Waals surface area contributed by atoms with Crippen LogP contribution in [0.4, 0.5) is 4.79 Å². The maximum absolute atomic E-state index is 12.8. The highest BCUT2D eigenvalue weighted by Crippen LogP contribution is 2.42. The summed E-state index contributed by atoms with van der Waals surface area (Å²) in [5.41, 5.74) is -0.526. The van der Waals surface area contributed by atoms with Crippen LogP contribution in [0, 0.1) is 5.41 Å². The van der Waals surface area contributed by atoms with Crippen molar-refractivity contribution in [2.45, 2.75) is 63.3 Å². The third kappa shape index (κ3) is 2.24. The van der Waals surface area contributed by atoms with Crippen LogP contribution in [0.2, 0.25) is 0 Å². The Bertz CT molecular complexity index is 412. The predicted octanol–water partition coefficient (Wildman–Crippen LogP) is 2.73. The molecule has 3 aliphatic rings. The lowest BCUT2D eigenvalue weighted by atomic mass is 9.81. The maximum Gasteiger partial charge on any atom is 0.325 e.